The summed E-state index contributed by atoms with van der Waals surface area (Å²) in [5.41, 5.74) is 6.50. The van der Waals surface area contributed by atoms with Crippen molar-refractivity contribution < 1.29 is 5.11 Å². The van der Waals surface area contributed by atoms with E-state index in [1.165, 1.54) is 34.4 Å². The van der Waals surface area contributed by atoms with Crippen molar-refractivity contribution >= 4 is 5.95 Å². The summed E-state index contributed by atoms with van der Waals surface area (Å²) in [7, 11) is 0. The molecule has 4 rings (SSSR count). The molecule has 0 saturated carbocycles. The van der Waals surface area contributed by atoms with Crippen LogP contribution in [0.2, 0.25) is 0 Å². The number of aryl methyl sites for hydroxylation is 3. The van der Waals surface area contributed by atoms with Crippen LogP contribution in [0.4, 0.5) is 5.95 Å². The number of hydrogen-bond acceptors (Lipinski definition) is 5. The van der Waals surface area contributed by atoms with Crippen molar-refractivity contribution in [2.45, 2.75) is 58.5 Å². The van der Waals surface area contributed by atoms with Gasteiger partial charge in [-0.3, -0.25) is 0 Å². The van der Waals surface area contributed by atoms with Crippen LogP contribution in [0.1, 0.15) is 59.7 Å². The number of aromatic nitrogens is 2. The Hall–Kier alpha value is -1.98. The fourth-order valence-corrected chi connectivity index (χ4v) is 4.44. The smallest absolute Gasteiger partial charge is 0.225 e. The number of nitrogens with zero attached hydrogens (tertiary/aromatic N) is 3. The Morgan fingerprint density at radius 2 is 2.00 bits per heavy atom. The predicted octanol–water partition coefficient (Wildman–Crippen LogP) is 3.47. The monoisotopic (exact) mass is 380 g/mol. The van der Waals surface area contributed by atoms with Crippen LogP contribution >= 0.6 is 0 Å². The lowest BCUT2D eigenvalue weighted by Crippen LogP contribution is -2.36. The molecule has 0 spiro atoms. The van der Waals surface area contributed by atoms with Crippen molar-refractivity contribution in [3.8, 4) is 0 Å². The lowest BCUT2D eigenvalue weighted by atomic mass is 9.92. The Labute approximate surface area is 168 Å². The third kappa shape index (κ3) is 4.20. The van der Waals surface area contributed by atoms with Gasteiger partial charge in [0.2, 0.25) is 5.95 Å². The maximum Gasteiger partial charge on any atom is 0.225 e. The lowest BCUT2D eigenvalue weighted by Gasteiger charge is -2.32. The molecule has 1 aliphatic carbocycles. The van der Waals surface area contributed by atoms with Gasteiger partial charge >= 0.3 is 0 Å². The Morgan fingerprint density at radius 1 is 1.18 bits per heavy atom. The molecule has 5 nitrogen and oxygen atoms in total. The van der Waals surface area contributed by atoms with Gasteiger partial charge in [-0.1, -0.05) is 23.8 Å². The van der Waals surface area contributed by atoms with E-state index in [4.69, 9.17) is 9.97 Å². The van der Waals surface area contributed by atoms with Crippen LogP contribution in [0.15, 0.2) is 24.4 Å². The normalized spacial score (nSPS) is 20.2. The third-order valence-electron chi connectivity index (χ3n) is 6.37. The van der Waals surface area contributed by atoms with Crippen LogP contribution < -0.4 is 10.2 Å². The van der Waals surface area contributed by atoms with Gasteiger partial charge in [0.05, 0.1) is 5.69 Å². The fraction of sp³-hybridized carbons (Fsp3) is 0.565. The molecule has 28 heavy (non-hydrogen) atoms. The maximum absolute atomic E-state index is 9.34. The molecule has 1 saturated heterocycles. The van der Waals surface area contributed by atoms with E-state index in [9.17, 15) is 5.11 Å². The molecular weight excluding hydrogens is 348 g/mol. The van der Waals surface area contributed by atoms with E-state index in [2.05, 4.69) is 48.5 Å². The zero-order chi connectivity index (χ0) is 19.5. The zero-order valence-corrected chi connectivity index (χ0v) is 17.1. The molecule has 0 radical (unpaired) electrons. The molecule has 2 heterocycles. The first-order valence-corrected chi connectivity index (χ1v) is 10.6. The SMILES string of the molecule is Cc1ccc(C)c(CNC2CCCc3nc(N4CCC(CO)CC4)ncc32)c1. The molecule has 2 N–H and O–H groups in total. The standard InChI is InChI=1S/C23H32N4O/c1-16-6-7-17(2)19(12-16)13-24-21-4-3-5-22-20(21)14-25-23(26-22)27-10-8-18(15-28)9-11-27/h6-7,12,14,18,21,24,28H,3-5,8-11,13,15H2,1-2H3. The average Bonchev–Trinajstić information content (AvgIpc) is 2.74. The highest BCUT2D eigenvalue weighted by molar-refractivity contribution is 5.36. The number of rotatable bonds is 5. The number of nitrogens with one attached hydrogen (secondary N) is 1. The van der Waals surface area contributed by atoms with Crippen molar-refractivity contribution in [3.63, 3.8) is 0 Å². The summed E-state index contributed by atoms with van der Waals surface area (Å²) in [6.45, 7) is 7.40. The summed E-state index contributed by atoms with van der Waals surface area (Å²) in [6.07, 6.45) is 7.45. The van der Waals surface area contributed by atoms with Crippen molar-refractivity contribution in [2.24, 2.45) is 5.92 Å². The predicted molar refractivity (Wildman–Crippen MR) is 112 cm³/mol. The minimum Gasteiger partial charge on any atom is -0.396 e. The Bertz CT molecular complexity index is 814. The average molecular weight is 381 g/mol. The van der Waals surface area contributed by atoms with Crippen LogP contribution in [0, 0.1) is 19.8 Å². The van der Waals surface area contributed by atoms with E-state index in [-0.39, 0.29) is 0 Å². The van der Waals surface area contributed by atoms with Crippen LogP contribution in [-0.2, 0) is 13.0 Å². The van der Waals surface area contributed by atoms with E-state index in [0.717, 1.165) is 51.3 Å². The number of piperidine rings is 1. The number of hydrogen-bond donors (Lipinski definition) is 2. The number of aliphatic hydroxyl groups is 1. The molecule has 2 aliphatic rings. The molecule has 2 aromatic rings. The number of benzene rings is 1. The van der Waals surface area contributed by atoms with E-state index >= 15 is 0 Å². The summed E-state index contributed by atoms with van der Waals surface area (Å²) < 4.78 is 0. The van der Waals surface area contributed by atoms with Crippen molar-refractivity contribution in [3.05, 3.63) is 52.3 Å². The molecule has 1 unspecified atom stereocenters. The second kappa shape index (κ2) is 8.58. The van der Waals surface area contributed by atoms with Gasteiger partial charge in [-0.2, -0.15) is 0 Å². The van der Waals surface area contributed by atoms with Crippen molar-refractivity contribution in [1.82, 2.24) is 15.3 Å². The van der Waals surface area contributed by atoms with E-state index < -0.39 is 0 Å². The minimum absolute atomic E-state index is 0.298. The van der Waals surface area contributed by atoms with Gasteiger partial charge in [0.15, 0.2) is 0 Å². The molecule has 1 atom stereocenters. The number of fused-ring (bicyclic) bond motifs is 1. The largest absolute Gasteiger partial charge is 0.396 e. The highest BCUT2D eigenvalue weighted by Crippen LogP contribution is 2.30. The topological polar surface area (TPSA) is 61.3 Å². The van der Waals surface area contributed by atoms with Gasteiger partial charge in [-0.05, 0) is 63.0 Å². The molecule has 150 valence electrons. The highest BCUT2D eigenvalue weighted by atomic mass is 16.3. The number of anilines is 1. The first-order valence-electron chi connectivity index (χ1n) is 10.6. The van der Waals surface area contributed by atoms with Gasteiger partial charge < -0.3 is 15.3 Å². The van der Waals surface area contributed by atoms with Gasteiger partial charge in [0.1, 0.15) is 0 Å². The highest BCUT2D eigenvalue weighted by Gasteiger charge is 2.25. The molecule has 1 fully saturated rings. The Balaban J connectivity index is 1.45. The quantitative estimate of drug-likeness (QED) is 0.832. The summed E-state index contributed by atoms with van der Waals surface area (Å²) in [5.74, 6) is 1.30. The van der Waals surface area contributed by atoms with Crippen molar-refractivity contribution in [1.29, 1.82) is 0 Å². The molecule has 1 aromatic carbocycles. The first-order chi connectivity index (χ1) is 13.6. The summed E-state index contributed by atoms with van der Waals surface area (Å²) in [5, 5.41) is 13.1. The molecule has 0 bridgehead atoms. The van der Waals surface area contributed by atoms with Gasteiger partial charge in [-0.25, -0.2) is 9.97 Å². The molecule has 1 aliphatic heterocycles. The molecular formula is C23H32N4O. The van der Waals surface area contributed by atoms with Crippen molar-refractivity contribution in [2.75, 3.05) is 24.6 Å². The van der Waals surface area contributed by atoms with Gasteiger partial charge in [0.25, 0.3) is 0 Å². The summed E-state index contributed by atoms with van der Waals surface area (Å²) >= 11 is 0. The van der Waals surface area contributed by atoms with Crippen LogP contribution in [-0.4, -0.2) is 34.8 Å². The van der Waals surface area contributed by atoms with Gasteiger partial charge in [-0.15, -0.1) is 0 Å². The van der Waals surface area contributed by atoms with Crippen LogP contribution in [0.3, 0.4) is 0 Å². The zero-order valence-electron chi connectivity index (χ0n) is 17.1. The minimum atomic E-state index is 0.298. The summed E-state index contributed by atoms with van der Waals surface area (Å²) in [4.78, 5) is 11.9. The van der Waals surface area contributed by atoms with E-state index in [0.29, 0.717) is 18.6 Å². The second-order valence-corrected chi connectivity index (χ2v) is 8.44. The Kier molecular flexibility index (Phi) is 5.93. The molecule has 0 amide bonds. The van der Waals surface area contributed by atoms with E-state index in [1.54, 1.807) is 0 Å². The van der Waals surface area contributed by atoms with Crippen LogP contribution in [0.5, 0.6) is 0 Å². The van der Waals surface area contributed by atoms with E-state index in [1.807, 2.05) is 0 Å². The first kappa shape index (κ1) is 19.3. The third-order valence-corrected chi connectivity index (χ3v) is 6.37. The maximum atomic E-state index is 9.34. The second-order valence-electron chi connectivity index (χ2n) is 8.44. The lowest BCUT2D eigenvalue weighted by molar-refractivity contribution is 0.202. The van der Waals surface area contributed by atoms with Gasteiger partial charge in [0, 0.05) is 44.0 Å². The molecule has 1 aromatic heterocycles. The number of aliphatic hydroxyl groups excluding tert-OH is 1. The summed E-state index contributed by atoms with van der Waals surface area (Å²) in [6, 6.07) is 6.99. The molecule has 5 heteroatoms. The Morgan fingerprint density at radius 3 is 2.79 bits per heavy atom. The fourth-order valence-electron chi connectivity index (χ4n) is 4.44. The van der Waals surface area contributed by atoms with Crippen LogP contribution in [0.25, 0.3) is 0 Å².